The Morgan fingerprint density at radius 2 is 1.81 bits per heavy atom. The molecule has 4 rings (SSSR count). The van der Waals surface area contributed by atoms with Gasteiger partial charge >= 0.3 is 0 Å². The molecular formula is C28H49IOS. The molecule has 180 valence electrons. The Labute approximate surface area is 213 Å². The number of aliphatic hydroxyl groups is 1. The fourth-order valence-electron chi connectivity index (χ4n) is 8.87. The van der Waals surface area contributed by atoms with Crippen LogP contribution in [-0.2, 0) is 10.9 Å². The maximum absolute atomic E-state index is 10.2. The molecule has 0 bridgehead atoms. The fourth-order valence-corrected chi connectivity index (χ4v) is 11.0. The second-order valence-electron chi connectivity index (χ2n) is 12.2. The van der Waals surface area contributed by atoms with Gasteiger partial charge in [-0.05, 0) is 130 Å². The van der Waals surface area contributed by atoms with Crippen LogP contribution >= 0.6 is 0 Å². The third-order valence-electron chi connectivity index (χ3n) is 10.7. The van der Waals surface area contributed by atoms with Crippen molar-refractivity contribution < 1.29 is 29.1 Å². The molecule has 31 heavy (non-hydrogen) atoms. The van der Waals surface area contributed by atoms with Gasteiger partial charge in [-0.25, -0.2) is 0 Å². The normalized spacial score (nSPS) is 43.9. The highest BCUT2D eigenvalue weighted by Crippen LogP contribution is 2.67. The van der Waals surface area contributed by atoms with Crippen molar-refractivity contribution in [3.05, 3.63) is 11.6 Å². The number of rotatable bonds is 6. The van der Waals surface area contributed by atoms with Gasteiger partial charge in [0.05, 0.1) is 6.10 Å². The van der Waals surface area contributed by atoms with Crippen LogP contribution in [0.1, 0.15) is 99.3 Å². The van der Waals surface area contributed by atoms with Crippen molar-refractivity contribution in [2.24, 2.45) is 40.4 Å². The minimum Gasteiger partial charge on any atom is -1.00 e. The number of aliphatic hydroxyl groups excluding tert-OH is 1. The highest BCUT2D eigenvalue weighted by Gasteiger charge is 2.59. The molecule has 0 heterocycles. The number of allylic oxidation sites excluding steroid dienone is 1. The number of hydrogen-bond donors (Lipinski definition) is 1. The molecule has 0 aromatic heterocycles. The summed E-state index contributed by atoms with van der Waals surface area (Å²) in [6.45, 7) is 15.1. The van der Waals surface area contributed by atoms with E-state index in [1.165, 1.54) is 56.5 Å². The number of halogens is 1. The van der Waals surface area contributed by atoms with E-state index in [1.54, 1.807) is 5.57 Å². The highest BCUT2D eigenvalue weighted by atomic mass is 127. The molecule has 0 aromatic carbocycles. The smallest absolute Gasteiger partial charge is 0.112 e. The van der Waals surface area contributed by atoms with Gasteiger partial charge in [0.2, 0.25) is 0 Å². The van der Waals surface area contributed by atoms with E-state index in [1.807, 2.05) is 0 Å². The summed E-state index contributed by atoms with van der Waals surface area (Å²) in [5.74, 6) is 7.41. The molecule has 3 saturated carbocycles. The van der Waals surface area contributed by atoms with E-state index in [0.29, 0.717) is 21.7 Å². The molecule has 0 amide bonds. The summed E-state index contributed by atoms with van der Waals surface area (Å²) in [5, 5.41) is 11.1. The molecule has 0 saturated heterocycles. The van der Waals surface area contributed by atoms with E-state index in [4.69, 9.17) is 0 Å². The lowest BCUT2D eigenvalue weighted by atomic mass is 9.47. The highest BCUT2D eigenvalue weighted by molar-refractivity contribution is 7.97. The quantitative estimate of drug-likeness (QED) is 0.296. The molecule has 0 aromatic rings. The predicted molar refractivity (Wildman–Crippen MR) is 133 cm³/mol. The Bertz CT molecular complexity index is 647. The Kier molecular flexibility index (Phi) is 8.67. The van der Waals surface area contributed by atoms with Crippen molar-refractivity contribution in [2.45, 2.75) is 111 Å². The van der Waals surface area contributed by atoms with E-state index >= 15 is 0 Å². The summed E-state index contributed by atoms with van der Waals surface area (Å²) in [4.78, 5) is 0. The van der Waals surface area contributed by atoms with E-state index in [0.717, 1.165) is 47.7 Å². The van der Waals surface area contributed by atoms with Crippen molar-refractivity contribution in [3.8, 4) is 0 Å². The summed E-state index contributed by atoms with van der Waals surface area (Å²) in [6.07, 6.45) is 14.3. The molecule has 0 radical (unpaired) electrons. The molecule has 1 nitrogen and oxygen atoms in total. The monoisotopic (exact) mass is 560 g/mol. The van der Waals surface area contributed by atoms with E-state index in [9.17, 15) is 5.11 Å². The predicted octanol–water partition coefficient (Wildman–Crippen LogP) is 4.00. The van der Waals surface area contributed by atoms with E-state index in [2.05, 4.69) is 47.6 Å². The summed E-state index contributed by atoms with van der Waals surface area (Å²) >= 11 is 0. The van der Waals surface area contributed by atoms with Crippen LogP contribution in [0.4, 0.5) is 0 Å². The zero-order chi connectivity index (χ0) is 21.7. The first-order valence-corrected chi connectivity index (χ1v) is 14.9. The maximum atomic E-state index is 10.2. The largest absolute Gasteiger partial charge is 1.00 e. The van der Waals surface area contributed by atoms with Gasteiger partial charge in [-0.1, -0.05) is 32.4 Å². The molecule has 5 unspecified atom stereocenters. The van der Waals surface area contributed by atoms with Gasteiger partial charge in [0.25, 0.3) is 0 Å². The van der Waals surface area contributed by atoms with Crippen LogP contribution in [0.5, 0.6) is 0 Å². The van der Waals surface area contributed by atoms with Gasteiger partial charge in [0.15, 0.2) is 0 Å². The Morgan fingerprint density at radius 3 is 2.48 bits per heavy atom. The average Bonchev–Trinajstić information content (AvgIpc) is 3.06. The SMILES string of the molecule is CC[S+](CC[C@@H](C)C1CCC2C3CC=C4C[C@@H](O)CC[C@]4(C)C3CC[C@@]21C)C(C)C.[I-]. The topological polar surface area (TPSA) is 20.2 Å². The summed E-state index contributed by atoms with van der Waals surface area (Å²) < 4.78 is 0. The standard InChI is InChI=1S/C28H49OS.HI/c1-7-30(19(2)3)17-14-20(4)24-10-11-25-23-9-8-21-18-22(29)12-15-27(21,5)26(23)13-16-28(24,25)6;/h8,19-20,22-26,29H,7,9-18H2,1-6H3;1H/q+1;/p-1/t20-,22+,23?,24?,25?,26?,27+,28-,30?;/m1./s1. The van der Waals surface area contributed by atoms with Gasteiger partial charge in [0.1, 0.15) is 16.8 Å². The van der Waals surface area contributed by atoms with Gasteiger partial charge in [-0.15, -0.1) is 0 Å². The molecule has 4 aliphatic carbocycles. The zero-order valence-electron chi connectivity index (χ0n) is 21.1. The fraction of sp³-hybridized carbons (Fsp3) is 0.929. The summed E-state index contributed by atoms with van der Waals surface area (Å²) in [5.41, 5.74) is 2.59. The third kappa shape index (κ3) is 4.68. The van der Waals surface area contributed by atoms with Crippen LogP contribution in [0.15, 0.2) is 11.6 Å². The number of hydrogen-bond acceptors (Lipinski definition) is 1. The maximum Gasteiger partial charge on any atom is 0.112 e. The minimum atomic E-state index is -0.0788. The van der Waals surface area contributed by atoms with Crippen LogP contribution in [0, 0.1) is 40.4 Å². The van der Waals surface area contributed by atoms with Crippen LogP contribution in [0.2, 0.25) is 0 Å². The Hall–Kier alpha value is 0.780. The van der Waals surface area contributed by atoms with Crippen LogP contribution in [-0.4, -0.2) is 28.0 Å². The first kappa shape index (κ1) is 26.4. The second-order valence-corrected chi connectivity index (χ2v) is 15.2. The third-order valence-corrected chi connectivity index (χ3v) is 13.5. The lowest BCUT2D eigenvalue weighted by Gasteiger charge is -2.58. The van der Waals surface area contributed by atoms with Crippen molar-refractivity contribution in [2.75, 3.05) is 11.5 Å². The first-order chi connectivity index (χ1) is 14.2. The summed E-state index contributed by atoms with van der Waals surface area (Å²) in [6, 6.07) is 0. The van der Waals surface area contributed by atoms with E-state index < -0.39 is 0 Å². The molecule has 1 N–H and O–H groups in total. The average molecular weight is 561 g/mol. The molecule has 3 fully saturated rings. The van der Waals surface area contributed by atoms with Crippen LogP contribution in [0.25, 0.3) is 0 Å². The molecule has 3 heteroatoms. The van der Waals surface area contributed by atoms with Crippen molar-refractivity contribution in [3.63, 3.8) is 0 Å². The lowest BCUT2D eigenvalue weighted by Crippen LogP contribution is -3.00. The summed E-state index contributed by atoms with van der Waals surface area (Å²) in [7, 11) is 0.625. The molecule has 0 aliphatic heterocycles. The van der Waals surface area contributed by atoms with Gasteiger partial charge < -0.3 is 29.1 Å². The Morgan fingerprint density at radius 1 is 1.06 bits per heavy atom. The van der Waals surface area contributed by atoms with E-state index in [-0.39, 0.29) is 30.1 Å². The van der Waals surface area contributed by atoms with Crippen LogP contribution < -0.4 is 24.0 Å². The second kappa shape index (κ2) is 10.2. The van der Waals surface area contributed by atoms with Crippen molar-refractivity contribution in [1.82, 2.24) is 0 Å². The molecule has 0 spiro atoms. The number of fused-ring (bicyclic) bond motifs is 5. The van der Waals surface area contributed by atoms with Crippen LogP contribution in [0.3, 0.4) is 0 Å². The molecule has 9 atom stereocenters. The van der Waals surface area contributed by atoms with Gasteiger partial charge in [0, 0.05) is 0 Å². The Balaban J connectivity index is 0.00000272. The molecular weight excluding hydrogens is 511 g/mol. The minimum absolute atomic E-state index is 0. The molecule has 4 aliphatic rings. The zero-order valence-corrected chi connectivity index (χ0v) is 24.1. The first-order valence-electron chi connectivity index (χ1n) is 13.2. The lowest BCUT2D eigenvalue weighted by molar-refractivity contribution is -0.0568. The van der Waals surface area contributed by atoms with Crippen molar-refractivity contribution in [1.29, 1.82) is 0 Å². The van der Waals surface area contributed by atoms with Gasteiger partial charge in [-0.2, -0.15) is 0 Å². The van der Waals surface area contributed by atoms with Crippen molar-refractivity contribution >= 4 is 10.9 Å². The van der Waals surface area contributed by atoms with Gasteiger partial charge in [-0.3, -0.25) is 0 Å².